The molecule has 0 fully saturated rings. The average Bonchev–Trinajstić information content (AvgIpc) is 3.47. The van der Waals surface area contributed by atoms with Gasteiger partial charge in [0, 0.05) is 29.6 Å². The Morgan fingerprint density at radius 1 is 1.09 bits per heavy atom. The van der Waals surface area contributed by atoms with E-state index in [1.54, 1.807) is 19.2 Å². The summed E-state index contributed by atoms with van der Waals surface area (Å²) in [5.74, 6) is 1.04. The largest absolute Gasteiger partial charge is 0.508 e. The van der Waals surface area contributed by atoms with Crippen molar-refractivity contribution in [3.8, 4) is 5.75 Å². The first-order chi connectivity index (χ1) is 15.1. The molecule has 0 amide bonds. The van der Waals surface area contributed by atoms with Crippen LogP contribution in [0.2, 0.25) is 0 Å². The van der Waals surface area contributed by atoms with Gasteiger partial charge in [0.05, 0.1) is 18.5 Å². The number of H-pyrrole nitrogens is 2. The molecular formula is C26H30ClN3O2. The third kappa shape index (κ3) is 5.35. The molecule has 1 aliphatic rings. The Hall–Kier alpha value is -3.18. The Bertz CT molecular complexity index is 1150. The van der Waals surface area contributed by atoms with E-state index in [9.17, 15) is 5.11 Å². The highest BCUT2D eigenvalue weighted by Crippen LogP contribution is 2.26. The smallest absolute Gasteiger partial charge is 0.146 e. The molecule has 3 heterocycles. The molecule has 6 heteroatoms. The normalized spacial score (nSPS) is 14.3. The van der Waals surface area contributed by atoms with E-state index in [1.807, 2.05) is 30.4 Å². The van der Waals surface area contributed by atoms with Crippen molar-refractivity contribution in [2.24, 2.45) is 4.99 Å². The zero-order chi connectivity index (χ0) is 21.8. The second-order valence-electron chi connectivity index (χ2n) is 7.96. The maximum atomic E-state index is 9.45. The van der Waals surface area contributed by atoms with Gasteiger partial charge in [0.2, 0.25) is 0 Å². The monoisotopic (exact) mass is 451 g/mol. The highest BCUT2D eigenvalue weighted by Gasteiger charge is 2.18. The highest BCUT2D eigenvalue weighted by molar-refractivity contribution is 6.11. The zero-order valence-corrected chi connectivity index (χ0v) is 19.6. The van der Waals surface area contributed by atoms with Gasteiger partial charge in [0.15, 0.2) is 0 Å². The molecule has 2 aromatic heterocycles. The van der Waals surface area contributed by atoms with Gasteiger partial charge in [-0.15, -0.1) is 12.4 Å². The van der Waals surface area contributed by atoms with Crippen LogP contribution in [0.5, 0.6) is 5.75 Å². The molecule has 4 rings (SSSR count). The van der Waals surface area contributed by atoms with Crippen molar-refractivity contribution >= 4 is 24.2 Å². The van der Waals surface area contributed by atoms with E-state index in [0.29, 0.717) is 0 Å². The molecule has 0 saturated heterocycles. The van der Waals surface area contributed by atoms with Crippen molar-refractivity contribution in [2.75, 3.05) is 7.11 Å². The summed E-state index contributed by atoms with van der Waals surface area (Å²) >= 11 is 0. The third-order valence-corrected chi connectivity index (χ3v) is 5.57. The fourth-order valence-electron chi connectivity index (χ4n) is 3.83. The van der Waals surface area contributed by atoms with Gasteiger partial charge in [0.25, 0.3) is 0 Å². The number of phenols is 1. The minimum absolute atomic E-state index is 0. The van der Waals surface area contributed by atoms with Crippen molar-refractivity contribution in [1.82, 2.24) is 9.97 Å². The molecule has 32 heavy (non-hydrogen) atoms. The van der Waals surface area contributed by atoms with Crippen molar-refractivity contribution < 1.29 is 9.84 Å². The number of aliphatic imine (C=N–C) groups is 1. The van der Waals surface area contributed by atoms with E-state index in [4.69, 9.17) is 9.73 Å². The molecule has 1 aromatic carbocycles. The van der Waals surface area contributed by atoms with Crippen LogP contribution < -0.4 is 0 Å². The molecule has 168 valence electrons. The Morgan fingerprint density at radius 2 is 1.88 bits per heavy atom. The predicted molar refractivity (Wildman–Crippen MR) is 133 cm³/mol. The van der Waals surface area contributed by atoms with Crippen molar-refractivity contribution in [3.05, 3.63) is 93.9 Å². The number of halogens is 1. The second-order valence-corrected chi connectivity index (χ2v) is 7.96. The van der Waals surface area contributed by atoms with Gasteiger partial charge in [-0.3, -0.25) is 0 Å². The number of ether oxygens (including phenoxy) is 1. The van der Waals surface area contributed by atoms with Gasteiger partial charge >= 0.3 is 0 Å². The van der Waals surface area contributed by atoms with Gasteiger partial charge in [-0.25, -0.2) is 4.99 Å². The maximum Gasteiger partial charge on any atom is 0.146 e. The zero-order valence-electron chi connectivity index (χ0n) is 18.7. The number of unbranched alkanes of at least 4 members (excludes halogenated alkanes) is 1. The first kappa shape index (κ1) is 23.5. The van der Waals surface area contributed by atoms with Crippen molar-refractivity contribution in [1.29, 1.82) is 0 Å². The molecule has 0 aliphatic carbocycles. The van der Waals surface area contributed by atoms with Crippen LogP contribution >= 0.6 is 12.4 Å². The van der Waals surface area contributed by atoms with Crippen LogP contribution in [-0.2, 0) is 17.6 Å². The van der Waals surface area contributed by atoms with Gasteiger partial charge in [0.1, 0.15) is 17.2 Å². The lowest BCUT2D eigenvalue weighted by Gasteiger charge is -2.00. The number of nitrogens with one attached hydrogen (secondary N) is 2. The van der Waals surface area contributed by atoms with Crippen molar-refractivity contribution in [2.45, 2.75) is 39.5 Å². The number of hydrogen-bond acceptors (Lipinski definition) is 3. The topological polar surface area (TPSA) is 73.4 Å². The lowest BCUT2D eigenvalue weighted by molar-refractivity contribution is 0.303. The molecule has 3 N–H and O–H groups in total. The molecule has 0 radical (unpaired) electrons. The SMILES string of the molecule is CCCCc1cc(/C=C2\N=C(c3ccc(Cc4ccc(O)cc4)[nH]3)C=C2OC)[nH]c1C.Cl. The average molecular weight is 452 g/mol. The van der Waals surface area contributed by atoms with Gasteiger partial charge in [-0.2, -0.15) is 0 Å². The van der Waals surface area contributed by atoms with E-state index < -0.39 is 0 Å². The molecule has 0 spiro atoms. The third-order valence-electron chi connectivity index (χ3n) is 5.57. The number of allylic oxidation sites excluding steroid dienone is 1. The lowest BCUT2D eigenvalue weighted by atomic mass is 10.1. The Kier molecular flexibility index (Phi) is 7.65. The quantitative estimate of drug-likeness (QED) is 0.388. The fraction of sp³-hybridized carbons (Fsp3) is 0.269. The summed E-state index contributed by atoms with van der Waals surface area (Å²) in [6.45, 7) is 4.34. The lowest BCUT2D eigenvalue weighted by Crippen LogP contribution is -1.96. The minimum atomic E-state index is 0. The van der Waals surface area contributed by atoms with E-state index in [-0.39, 0.29) is 18.2 Å². The molecule has 5 nitrogen and oxygen atoms in total. The van der Waals surface area contributed by atoms with Crippen LogP contribution in [0.15, 0.2) is 65.0 Å². The standard InChI is InChI=1S/C26H29N3O2.ClH/c1-4-5-6-19-14-21(27-17(19)2)15-25-26(31-3)16-24(29-25)23-12-9-20(28-23)13-18-7-10-22(30)11-8-18;/h7-12,14-16,27-28,30H,4-6,13H2,1-3H3;1H/b25-15-;. The Labute approximate surface area is 195 Å². The van der Waals surface area contributed by atoms with E-state index >= 15 is 0 Å². The fourth-order valence-corrected chi connectivity index (χ4v) is 3.83. The van der Waals surface area contributed by atoms with Gasteiger partial charge < -0.3 is 19.8 Å². The number of aromatic hydroxyl groups is 1. The number of aryl methyl sites for hydroxylation is 2. The van der Waals surface area contributed by atoms with E-state index in [0.717, 1.165) is 52.7 Å². The van der Waals surface area contributed by atoms with Crippen LogP contribution in [0.3, 0.4) is 0 Å². The Balaban J connectivity index is 0.00000289. The number of aromatic amines is 2. The molecule has 3 aromatic rings. The number of benzene rings is 1. The van der Waals surface area contributed by atoms with Gasteiger partial charge in [-0.05, 0) is 67.3 Å². The van der Waals surface area contributed by atoms with E-state index in [1.165, 1.54) is 24.1 Å². The van der Waals surface area contributed by atoms with Crippen LogP contribution in [-0.4, -0.2) is 27.9 Å². The molecule has 0 bridgehead atoms. The molecule has 0 unspecified atom stereocenters. The number of methoxy groups -OCH3 is 1. The van der Waals surface area contributed by atoms with Crippen LogP contribution in [0, 0.1) is 6.92 Å². The van der Waals surface area contributed by atoms with E-state index in [2.05, 4.69) is 35.9 Å². The van der Waals surface area contributed by atoms with Crippen LogP contribution in [0.4, 0.5) is 0 Å². The summed E-state index contributed by atoms with van der Waals surface area (Å²) in [6.07, 6.45) is 8.26. The van der Waals surface area contributed by atoms with Gasteiger partial charge in [-0.1, -0.05) is 25.5 Å². The number of nitrogens with zero attached hydrogens (tertiary/aromatic N) is 1. The molecule has 0 atom stereocenters. The summed E-state index contributed by atoms with van der Waals surface area (Å²) < 4.78 is 5.59. The summed E-state index contributed by atoms with van der Waals surface area (Å²) in [5.41, 5.74) is 8.48. The number of phenolic OH excluding ortho intramolecular Hbond substituents is 1. The summed E-state index contributed by atoms with van der Waals surface area (Å²) in [4.78, 5) is 11.7. The maximum absolute atomic E-state index is 9.45. The highest BCUT2D eigenvalue weighted by atomic mass is 35.5. The molecule has 1 aliphatic heterocycles. The first-order valence-electron chi connectivity index (χ1n) is 10.8. The number of aromatic nitrogens is 2. The summed E-state index contributed by atoms with van der Waals surface area (Å²) in [7, 11) is 1.68. The van der Waals surface area contributed by atoms with Crippen LogP contribution in [0.1, 0.15) is 53.7 Å². The Morgan fingerprint density at radius 3 is 2.59 bits per heavy atom. The predicted octanol–water partition coefficient (Wildman–Crippen LogP) is 6.09. The second kappa shape index (κ2) is 10.4. The van der Waals surface area contributed by atoms with Crippen LogP contribution in [0.25, 0.3) is 6.08 Å². The minimum Gasteiger partial charge on any atom is -0.508 e. The molecular weight excluding hydrogens is 422 g/mol. The first-order valence-corrected chi connectivity index (χ1v) is 10.8. The summed E-state index contributed by atoms with van der Waals surface area (Å²) in [5, 5.41) is 9.45. The summed E-state index contributed by atoms with van der Waals surface area (Å²) in [6, 6.07) is 13.6. The molecule has 0 saturated carbocycles. The number of rotatable bonds is 8. The van der Waals surface area contributed by atoms with Crippen molar-refractivity contribution in [3.63, 3.8) is 0 Å². The number of hydrogen-bond donors (Lipinski definition) is 3.